The molecule has 12 nitrogen and oxygen atoms in total. The van der Waals surface area contributed by atoms with E-state index in [1.165, 1.54) is 13.0 Å². The van der Waals surface area contributed by atoms with E-state index in [2.05, 4.69) is 15.0 Å². The second-order valence-corrected chi connectivity index (χ2v) is 6.93. The van der Waals surface area contributed by atoms with Gasteiger partial charge in [-0.3, -0.25) is 25.1 Å². The van der Waals surface area contributed by atoms with E-state index in [1.807, 2.05) is 6.92 Å². The fourth-order valence-electron chi connectivity index (χ4n) is 3.60. The van der Waals surface area contributed by atoms with Crippen LogP contribution in [0, 0.1) is 34.1 Å². The molecule has 0 amide bonds. The van der Waals surface area contributed by atoms with E-state index >= 15 is 0 Å². The molecule has 1 fully saturated rings. The van der Waals surface area contributed by atoms with Crippen LogP contribution in [0.3, 0.4) is 0 Å². The molecule has 29 heavy (non-hydrogen) atoms. The number of nitrogens with zero attached hydrogens (tertiary/aromatic N) is 6. The Morgan fingerprint density at radius 1 is 1.21 bits per heavy atom. The third-order valence-electron chi connectivity index (χ3n) is 5.24. The van der Waals surface area contributed by atoms with Gasteiger partial charge in [-0.15, -0.1) is 0 Å². The van der Waals surface area contributed by atoms with Crippen molar-refractivity contribution in [3.05, 3.63) is 49.1 Å². The number of hydrogen-bond donors (Lipinski definition) is 1. The van der Waals surface area contributed by atoms with E-state index in [-0.39, 0.29) is 34.2 Å². The third-order valence-corrected chi connectivity index (χ3v) is 5.24. The molecular formula is C17H22N6O6. The summed E-state index contributed by atoms with van der Waals surface area (Å²) in [5.74, 6) is 1.02. The van der Waals surface area contributed by atoms with Gasteiger partial charge in [0.1, 0.15) is 0 Å². The molecule has 1 aromatic carbocycles. The van der Waals surface area contributed by atoms with E-state index in [1.54, 1.807) is 11.8 Å². The van der Waals surface area contributed by atoms with E-state index in [0.717, 1.165) is 0 Å². The Balaban J connectivity index is 1.91. The zero-order valence-corrected chi connectivity index (χ0v) is 16.4. The van der Waals surface area contributed by atoms with Crippen molar-refractivity contribution < 1.29 is 19.5 Å². The van der Waals surface area contributed by atoms with Gasteiger partial charge in [0.15, 0.2) is 11.5 Å². The Kier molecular flexibility index (Phi) is 5.75. The number of hydrogen-bond acceptors (Lipinski definition) is 10. The first-order valence-corrected chi connectivity index (χ1v) is 9.09. The van der Waals surface area contributed by atoms with Crippen molar-refractivity contribution in [2.24, 2.45) is 0 Å². The lowest BCUT2D eigenvalue weighted by atomic mass is 10.0. The lowest BCUT2D eigenvalue weighted by Crippen LogP contribution is -2.47. The summed E-state index contributed by atoms with van der Waals surface area (Å²) in [7, 11) is 0. The Hall–Kier alpha value is -3.12. The number of rotatable bonds is 6. The summed E-state index contributed by atoms with van der Waals surface area (Å²) in [4.78, 5) is 30.1. The molecule has 0 spiro atoms. The molecule has 12 heteroatoms. The summed E-state index contributed by atoms with van der Waals surface area (Å²) in [5, 5.41) is 36.6. The number of anilines is 1. The fourth-order valence-corrected chi connectivity index (χ4v) is 3.60. The molecule has 1 N–H and O–H groups in total. The molecule has 0 bridgehead atoms. The van der Waals surface area contributed by atoms with Gasteiger partial charge in [0.05, 0.1) is 22.5 Å². The molecular weight excluding hydrogens is 384 g/mol. The van der Waals surface area contributed by atoms with E-state index in [9.17, 15) is 25.3 Å². The van der Waals surface area contributed by atoms with Gasteiger partial charge < -0.3 is 14.5 Å². The second-order valence-electron chi connectivity index (χ2n) is 6.93. The van der Waals surface area contributed by atoms with Crippen molar-refractivity contribution >= 4 is 17.1 Å². The number of nitro benzene ring substituents is 2. The molecule has 2 aromatic rings. The number of benzene rings is 1. The first-order valence-electron chi connectivity index (χ1n) is 9.09. The summed E-state index contributed by atoms with van der Waals surface area (Å²) in [6.45, 7) is 6.38. The monoisotopic (exact) mass is 406 g/mol. The maximum Gasteiger partial charge on any atom is 0.302 e. The highest BCUT2D eigenvalue weighted by atomic mass is 16.6. The number of aromatic nitrogens is 2. The largest absolute Gasteiger partial charge is 0.392 e. The molecule has 156 valence electrons. The molecule has 3 rings (SSSR count). The molecule has 1 unspecified atom stereocenters. The summed E-state index contributed by atoms with van der Waals surface area (Å²) in [6, 6.07) is 1.08. The van der Waals surface area contributed by atoms with Crippen LogP contribution >= 0.6 is 0 Å². The Labute approximate surface area is 166 Å². The van der Waals surface area contributed by atoms with Gasteiger partial charge in [-0.05, 0) is 26.3 Å². The molecule has 1 aliphatic rings. The van der Waals surface area contributed by atoms with Gasteiger partial charge in [0.25, 0.3) is 5.69 Å². The molecule has 0 radical (unpaired) electrons. The topological polar surface area (TPSA) is 152 Å². The smallest absolute Gasteiger partial charge is 0.302 e. The number of aryl methyl sites for hydroxylation is 1. The van der Waals surface area contributed by atoms with Crippen molar-refractivity contribution in [2.75, 3.05) is 31.1 Å². The Morgan fingerprint density at radius 2 is 1.86 bits per heavy atom. The maximum atomic E-state index is 11.7. The summed E-state index contributed by atoms with van der Waals surface area (Å²) < 4.78 is 5.21. The van der Waals surface area contributed by atoms with E-state index in [4.69, 9.17) is 4.52 Å². The van der Waals surface area contributed by atoms with Crippen molar-refractivity contribution in [3.63, 3.8) is 0 Å². The fraction of sp³-hybridized carbons (Fsp3) is 0.529. The second kappa shape index (κ2) is 8.09. The lowest BCUT2D eigenvalue weighted by molar-refractivity contribution is -0.393. The lowest BCUT2D eigenvalue weighted by Gasteiger charge is -2.37. The quantitative estimate of drug-likeness (QED) is 0.556. The normalized spacial score (nSPS) is 16.1. The molecule has 1 atom stereocenters. The maximum absolute atomic E-state index is 11.7. The van der Waals surface area contributed by atoms with Crippen LogP contribution in [0.5, 0.6) is 0 Å². The molecule has 1 aromatic heterocycles. The first-order chi connectivity index (χ1) is 13.7. The van der Waals surface area contributed by atoms with E-state index < -0.39 is 16.5 Å². The average Bonchev–Trinajstić information content (AvgIpc) is 3.13. The van der Waals surface area contributed by atoms with Crippen molar-refractivity contribution in [3.8, 4) is 0 Å². The zero-order chi connectivity index (χ0) is 21.3. The minimum atomic E-state index is -0.642. The third kappa shape index (κ3) is 3.89. The number of aliphatic hydroxyl groups excluding tert-OH is 1. The molecule has 1 saturated heterocycles. The van der Waals surface area contributed by atoms with Crippen LogP contribution in [0.1, 0.15) is 35.8 Å². The first kappa shape index (κ1) is 20.6. The van der Waals surface area contributed by atoms with Crippen molar-refractivity contribution in [1.29, 1.82) is 0 Å². The van der Waals surface area contributed by atoms with Crippen LogP contribution in [0.4, 0.5) is 17.1 Å². The van der Waals surface area contributed by atoms with Crippen LogP contribution in [-0.2, 0) is 6.61 Å². The Morgan fingerprint density at radius 3 is 2.34 bits per heavy atom. The number of nitro groups is 2. The highest BCUT2D eigenvalue weighted by Gasteiger charge is 2.36. The predicted octanol–water partition coefficient (Wildman–Crippen LogP) is 1.88. The van der Waals surface area contributed by atoms with Gasteiger partial charge >= 0.3 is 5.69 Å². The van der Waals surface area contributed by atoms with Gasteiger partial charge in [-0.2, -0.15) is 4.98 Å². The van der Waals surface area contributed by atoms with Crippen LogP contribution < -0.4 is 4.90 Å². The van der Waals surface area contributed by atoms with Gasteiger partial charge in [-0.1, -0.05) is 5.16 Å². The summed E-state index contributed by atoms with van der Waals surface area (Å²) in [5.41, 5.74) is -0.324. The highest BCUT2D eigenvalue weighted by molar-refractivity contribution is 5.79. The molecule has 2 heterocycles. The average molecular weight is 406 g/mol. The minimum absolute atomic E-state index is 0.0179. The minimum Gasteiger partial charge on any atom is -0.392 e. The molecule has 0 aliphatic carbocycles. The molecule has 0 saturated carbocycles. The molecule has 1 aliphatic heterocycles. The Bertz CT molecular complexity index is 937. The SMILES string of the molecule is Cc1noc(C(C)N2CCN(c3c([N+](=O)[O-])cc(CO)c(C)c3[N+](=O)[O-])CC2)n1. The van der Waals surface area contributed by atoms with Crippen LogP contribution in [0.2, 0.25) is 0 Å². The van der Waals surface area contributed by atoms with Crippen LogP contribution in [0.15, 0.2) is 10.6 Å². The predicted molar refractivity (Wildman–Crippen MR) is 102 cm³/mol. The zero-order valence-electron chi connectivity index (χ0n) is 16.4. The van der Waals surface area contributed by atoms with Crippen molar-refractivity contribution in [1.82, 2.24) is 15.0 Å². The standard InChI is InChI=1S/C17H22N6O6/c1-10-13(9-24)8-14(22(25)26)16(15(10)23(27)28)21-6-4-20(5-7-21)11(2)17-18-12(3)19-29-17/h8,11,24H,4-7,9H2,1-3H3. The van der Waals surface area contributed by atoms with E-state index in [0.29, 0.717) is 37.9 Å². The van der Waals surface area contributed by atoms with Crippen LogP contribution in [-0.4, -0.2) is 56.2 Å². The highest BCUT2D eigenvalue weighted by Crippen LogP contribution is 2.42. The van der Waals surface area contributed by atoms with Gasteiger partial charge in [0.2, 0.25) is 5.89 Å². The number of piperazine rings is 1. The summed E-state index contributed by atoms with van der Waals surface area (Å²) in [6.07, 6.45) is 0. The van der Waals surface area contributed by atoms with Gasteiger partial charge in [-0.25, -0.2) is 0 Å². The summed E-state index contributed by atoms with van der Waals surface area (Å²) >= 11 is 0. The van der Waals surface area contributed by atoms with Crippen LogP contribution in [0.25, 0.3) is 0 Å². The van der Waals surface area contributed by atoms with Crippen molar-refractivity contribution in [2.45, 2.75) is 33.4 Å². The van der Waals surface area contributed by atoms with Gasteiger partial charge in [0, 0.05) is 37.8 Å². The number of aliphatic hydroxyl groups is 1.